The summed E-state index contributed by atoms with van der Waals surface area (Å²) in [6.07, 6.45) is 0.763. The Morgan fingerprint density at radius 2 is 2.15 bits per heavy atom. The SMILES string of the molecule is N[C@@H]1CCN(C(=O)c2[nH]c3ccc(F)c(Cl)c3c2Cl)C1. The third kappa shape index (κ3) is 2.06. The highest BCUT2D eigenvalue weighted by Crippen LogP contribution is 2.35. The van der Waals surface area contributed by atoms with Crippen LogP contribution in [0, 0.1) is 5.82 Å². The zero-order valence-electron chi connectivity index (χ0n) is 10.4. The zero-order valence-corrected chi connectivity index (χ0v) is 11.9. The topological polar surface area (TPSA) is 62.1 Å². The first-order valence-corrected chi connectivity index (χ1v) is 6.94. The number of aromatic amines is 1. The molecule has 0 unspecified atom stereocenters. The minimum absolute atomic E-state index is 0.0110. The largest absolute Gasteiger partial charge is 0.349 e. The van der Waals surface area contributed by atoms with Crippen molar-refractivity contribution in [2.24, 2.45) is 5.73 Å². The molecule has 0 saturated carbocycles. The molecule has 3 rings (SSSR count). The molecule has 20 heavy (non-hydrogen) atoms. The van der Waals surface area contributed by atoms with Crippen LogP contribution in [0.2, 0.25) is 10.0 Å². The van der Waals surface area contributed by atoms with Gasteiger partial charge < -0.3 is 15.6 Å². The number of nitrogens with one attached hydrogen (secondary N) is 1. The van der Waals surface area contributed by atoms with Gasteiger partial charge >= 0.3 is 0 Å². The summed E-state index contributed by atoms with van der Waals surface area (Å²) in [6, 6.07) is 2.73. The van der Waals surface area contributed by atoms with Crippen LogP contribution in [-0.2, 0) is 0 Å². The summed E-state index contributed by atoms with van der Waals surface area (Å²) in [7, 11) is 0. The van der Waals surface area contributed by atoms with E-state index in [0.717, 1.165) is 6.42 Å². The van der Waals surface area contributed by atoms with E-state index in [0.29, 0.717) is 24.0 Å². The molecule has 0 spiro atoms. The molecule has 0 bridgehead atoms. The van der Waals surface area contributed by atoms with Crippen LogP contribution in [0.1, 0.15) is 16.9 Å². The van der Waals surface area contributed by atoms with Crippen LogP contribution in [0.3, 0.4) is 0 Å². The molecular weight excluding hydrogens is 304 g/mol. The lowest BCUT2D eigenvalue weighted by atomic mass is 10.2. The van der Waals surface area contributed by atoms with E-state index in [4.69, 9.17) is 28.9 Å². The van der Waals surface area contributed by atoms with E-state index in [1.54, 1.807) is 4.90 Å². The number of carbonyl (C=O) groups excluding carboxylic acids is 1. The molecule has 1 aliphatic rings. The van der Waals surface area contributed by atoms with Gasteiger partial charge in [-0.25, -0.2) is 4.39 Å². The fourth-order valence-corrected chi connectivity index (χ4v) is 3.09. The first-order chi connectivity index (χ1) is 9.49. The van der Waals surface area contributed by atoms with E-state index in [1.807, 2.05) is 0 Å². The number of fused-ring (bicyclic) bond motifs is 1. The van der Waals surface area contributed by atoms with Crippen molar-refractivity contribution in [3.63, 3.8) is 0 Å². The first kappa shape index (κ1) is 13.7. The van der Waals surface area contributed by atoms with Gasteiger partial charge in [0.25, 0.3) is 5.91 Å². The Labute approximate surface area is 124 Å². The molecule has 1 aliphatic heterocycles. The maximum atomic E-state index is 13.5. The molecule has 7 heteroatoms. The predicted octanol–water partition coefficient (Wildman–Crippen LogP) is 2.79. The van der Waals surface area contributed by atoms with Gasteiger partial charge in [0.2, 0.25) is 0 Å². The minimum atomic E-state index is -0.567. The third-order valence-electron chi connectivity index (χ3n) is 3.52. The number of likely N-dealkylation sites (tertiary alicyclic amines) is 1. The number of hydrogen-bond acceptors (Lipinski definition) is 2. The maximum Gasteiger partial charge on any atom is 0.271 e. The molecular formula is C13H12Cl2FN3O. The Morgan fingerprint density at radius 3 is 2.80 bits per heavy atom. The van der Waals surface area contributed by atoms with Crippen LogP contribution < -0.4 is 5.73 Å². The zero-order chi connectivity index (χ0) is 14.4. The second-order valence-corrected chi connectivity index (χ2v) is 5.65. The Balaban J connectivity index is 2.06. The average molecular weight is 316 g/mol. The summed E-state index contributed by atoms with van der Waals surface area (Å²) in [5.74, 6) is -0.808. The number of hydrogen-bond donors (Lipinski definition) is 2. The summed E-state index contributed by atoms with van der Waals surface area (Å²) in [5.41, 5.74) is 6.55. The highest BCUT2D eigenvalue weighted by molar-refractivity contribution is 6.44. The first-order valence-electron chi connectivity index (χ1n) is 6.19. The highest BCUT2D eigenvalue weighted by Gasteiger charge is 2.28. The fourth-order valence-electron chi connectivity index (χ4n) is 2.46. The van der Waals surface area contributed by atoms with Crippen molar-refractivity contribution in [3.05, 3.63) is 33.7 Å². The van der Waals surface area contributed by atoms with Gasteiger partial charge in [-0.1, -0.05) is 23.2 Å². The summed E-state index contributed by atoms with van der Waals surface area (Å²) in [5, 5.41) is 0.399. The Bertz CT molecular complexity index is 700. The minimum Gasteiger partial charge on any atom is -0.349 e. The van der Waals surface area contributed by atoms with Gasteiger partial charge in [-0.3, -0.25) is 4.79 Å². The Kier molecular flexibility index (Phi) is 3.36. The normalized spacial score (nSPS) is 19.0. The average Bonchev–Trinajstić information content (AvgIpc) is 2.98. The van der Waals surface area contributed by atoms with Gasteiger partial charge in [0.1, 0.15) is 11.5 Å². The molecule has 106 valence electrons. The molecule has 1 atom stereocenters. The number of rotatable bonds is 1. The van der Waals surface area contributed by atoms with Crippen molar-refractivity contribution in [1.82, 2.24) is 9.88 Å². The number of amides is 1. The van der Waals surface area contributed by atoms with Crippen LogP contribution in [0.4, 0.5) is 4.39 Å². The fraction of sp³-hybridized carbons (Fsp3) is 0.308. The molecule has 1 aromatic heterocycles. The molecule has 2 heterocycles. The van der Waals surface area contributed by atoms with E-state index < -0.39 is 5.82 Å². The number of halogens is 3. The molecule has 1 saturated heterocycles. The number of nitrogens with two attached hydrogens (primary N) is 1. The smallest absolute Gasteiger partial charge is 0.271 e. The van der Waals surface area contributed by atoms with Crippen LogP contribution >= 0.6 is 23.2 Å². The molecule has 1 fully saturated rings. The van der Waals surface area contributed by atoms with Crippen LogP contribution in [-0.4, -0.2) is 34.9 Å². The van der Waals surface area contributed by atoms with Crippen molar-refractivity contribution in [1.29, 1.82) is 0 Å². The number of H-pyrrole nitrogens is 1. The molecule has 4 nitrogen and oxygen atoms in total. The molecule has 1 aromatic carbocycles. The van der Waals surface area contributed by atoms with Crippen LogP contribution in [0.5, 0.6) is 0 Å². The molecule has 0 radical (unpaired) electrons. The van der Waals surface area contributed by atoms with Crippen LogP contribution in [0.25, 0.3) is 10.9 Å². The van der Waals surface area contributed by atoms with Gasteiger partial charge in [0, 0.05) is 30.0 Å². The van der Waals surface area contributed by atoms with Crippen molar-refractivity contribution >= 4 is 40.0 Å². The van der Waals surface area contributed by atoms with Gasteiger partial charge in [0.05, 0.1) is 10.0 Å². The predicted molar refractivity (Wildman–Crippen MR) is 76.8 cm³/mol. The summed E-state index contributed by atoms with van der Waals surface area (Å²) >= 11 is 12.1. The summed E-state index contributed by atoms with van der Waals surface area (Å²) in [6.45, 7) is 1.08. The Morgan fingerprint density at radius 1 is 1.40 bits per heavy atom. The van der Waals surface area contributed by atoms with Crippen molar-refractivity contribution in [2.45, 2.75) is 12.5 Å². The van der Waals surface area contributed by atoms with Gasteiger partial charge in [-0.05, 0) is 18.6 Å². The third-order valence-corrected chi connectivity index (χ3v) is 4.27. The monoisotopic (exact) mass is 315 g/mol. The number of nitrogens with zero attached hydrogens (tertiary/aromatic N) is 1. The van der Waals surface area contributed by atoms with Crippen molar-refractivity contribution < 1.29 is 9.18 Å². The molecule has 2 aromatic rings. The number of aromatic nitrogens is 1. The van der Waals surface area contributed by atoms with E-state index in [1.165, 1.54) is 12.1 Å². The number of benzene rings is 1. The van der Waals surface area contributed by atoms with Gasteiger partial charge in [-0.2, -0.15) is 0 Å². The number of carbonyl (C=O) groups is 1. The second kappa shape index (κ2) is 4.91. The standard InChI is InChI=1S/C13H12Cl2FN3O/c14-10-7(16)1-2-8-9(10)11(15)12(18-8)13(20)19-4-3-6(17)5-19/h1-2,6,18H,3-5,17H2/t6-/m1/s1. The van der Waals surface area contributed by atoms with E-state index in [2.05, 4.69) is 4.98 Å². The lowest BCUT2D eigenvalue weighted by Crippen LogP contribution is -2.32. The van der Waals surface area contributed by atoms with Gasteiger partial charge in [0.15, 0.2) is 0 Å². The van der Waals surface area contributed by atoms with Crippen molar-refractivity contribution in [3.8, 4) is 0 Å². The van der Waals surface area contributed by atoms with E-state index in [-0.39, 0.29) is 27.7 Å². The van der Waals surface area contributed by atoms with Crippen molar-refractivity contribution in [2.75, 3.05) is 13.1 Å². The summed E-state index contributed by atoms with van der Waals surface area (Å²) in [4.78, 5) is 16.9. The summed E-state index contributed by atoms with van der Waals surface area (Å²) < 4.78 is 13.5. The molecule has 1 amide bonds. The second-order valence-electron chi connectivity index (χ2n) is 4.90. The molecule has 0 aliphatic carbocycles. The molecule has 3 N–H and O–H groups in total. The van der Waals surface area contributed by atoms with Gasteiger partial charge in [-0.15, -0.1) is 0 Å². The van der Waals surface area contributed by atoms with E-state index >= 15 is 0 Å². The lowest BCUT2D eigenvalue weighted by molar-refractivity contribution is 0.0786. The Hall–Kier alpha value is -1.30. The quantitative estimate of drug-likeness (QED) is 0.850. The highest BCUT2D eigenvalue weighted by atomic mass is 35.5. The lowest BCUT2D eigenvalue weighted by Gasteiger charge is -2.14. The van der Waals surface area contributed by atoms with Crippen LogP contribution in [0.15, 0.2) is 12.1 Å². The van der Waals surface area contributed by atoms with E-state index in [9.17, 15) is 9.18 Å². The maximum absolute atomic E-state index is 13.5.